The van der Waals surface area contributed by atoms with Gasteiger partial charge in [-0.15, -0.1) is 0 Å². The topological polar surface area (TPSA) is 49.9 Å². The third-order valence-corrected chi connectivity index (χ3v) is 6.02. The lowest BCUT2D eigenvalue weighted by molar-refractivity contribution is -0.143. The number of carbonyl (C=O) groups is 2. The highest BCUT2D eigenvalue weighted by atomic mass is 16.5. The SMILES string of the molecule is C=CCOc1ccc([C@H]2CC(=O)N(N(C)C)C3=C2C(=O)C[C@H](c2ccccc2)C3)cc1. The van der Waals surface area contributed by atoms with Crippen molar-refractivity contribution in [2.24, 2.45) is 0 Å². The summed E-state index contributed by atoms with van der Waals surface area (Å²) < 4.78 is 5.58. The summed E-state index contributed by atoms with van der Waals surface area (Å²) in [5.41, 5.74) is 3.72. The van der Waals surface area contributed by atoms with E-state index in [1.807, 2.05) is 56.6 Å². The van der Waals surface area contributed by atoms with E-state index < -0.39 is 0 Å². The molecular formula is C26H28N2O3. The minimum absolute atomic E-state index is 0.0160. The lowest BCUT2D eigenvalue weighted by atomic mass is 9.73. The van der Waals surface area contributed by atoms with Gasteiger partial charge in [0.2, 0.25) is 5.91 Å². The fourth-order valence-electron chi connectivity index (χ4n) is 4.68. The summed E-state index contributed by atoms with van der Waals surface area (Å²) in [6.45, 7) is 4.10. The Hall–Kier alpha value is -3.18. The Kier molecular flexibility index (Phi) is 6.05. The second kappa shape index (κ2) is 8.90. The number of ketones is 1. The predicted octanol–water partition coefficient (Wildman–Crippen LogP) is 4.44. The van der Waals surface area contributed by atoms with Crippen molar-refractivity contribution in [3.05, 3.63) is 89.6 Å². The Morgan fingerprint density at radius 3 is 2.35 bits per heavy atom. The molecule has 1 amide bonds. The summed E-state index contributed by atoms with van der Waals surface area (Å²) >= 11 is 0. The molecule has 0 aromatic heterocycles. The van der Waals surface area contributed by atoms with Gasteiger partial charge in [0.15, 0.2) is 5.78 Å². The highest BCUT2D eigenvalue weighted by Crippen LogP contribution is 2.45. The van der Waals surface area contributed by atoms with Crippen molar-refractivity contribution >= 4 is 11.7 Å². The van der Waals surface area contributed by atoms with Gasteiger partial charge in [-0.3, -0.25) is 9.59 Å². The number of hydrogen-bond donors (Lipinski definition) is 0. The fraction of sp³-hybridized carbons (Fsp3) is 0.308. The monoisotopic (exact) mass is 416 g/mol. The van der Waals surface area contributed by atoms with E-state index in [4.69, 9.17) is 4.74 Å². The molecule has 0 N–H and O–H groups in total. The van der Waals surface area contributed by atoms with E-state index in [9.17, 15) is 9.59 Å². The second-order valence-electron chi connectivity index (χ2n) is 8.28. The highest BCUT2D eigenvalue weighted by Gasteiger charge is 2.42. The molecule has 2 atom stereocenters. The molecule has 2 aliphatic rings. The van der Waals surface area contributed by atoms with Crippen LogP contribution >= 0.6 is 0 Å². The molecule has 0 unspecified atom stereocenters. The molecule has 31 heavy (non-hydrogen) atoms. The average Bonchev–Trinajstić information content (AvgIpc) is 2.77. The van der Waals surface area contributed by atoms with E-state index in [0.29, 0.717) is 19.4 Å². The number of Topliss-reactive ketones (excluding diaryl/α,β-unsaturated/α-hetero) is 1. The van der Waals surface area contributed by atoms with E-state index in [1.54, 1.807) is 16.1 Å². The Morgan fingerprint density at radius 1 is 1.00 bits per heavy atom. The molecule has 2 aromatic rings. The van der Waals surface area contributed by atoms with E-state index in [0.717, 1.165) is 28.1 Å². The van der Waals surface area contributed by atoms with Crippen LogP contribution in [0.2, 0.25) is 0 Å². The fourth-order valence-corrected chi connectivity index (χ4v) is 4.68. The first-order chi connectivity index (χ1) is 15.0. The number of benzene rings is 2. The molecule has 0 saturated carbocycles. The average molecular weight is 417 g/mol. The summed E-state index contributed by atoms with van der Waals surface area (Å²) in [6.07, 6.45) is 3.12. The van der Waals surface area contributed by atoms with Crippen molar-refractivity contribution in [3.8, 4) is 5.75 Å². The summed E-state index contributed by atoms with van der Waals surface area (Å²) in [6, 6.07) is 17.8. The molecule has 0 spiro atoms. The molecule has 1 heterocycles. The van der Waals surface area contributed by atoms with Gasteiger partial charge < -0.3 is 4.74 Å². The number of rotatable bonds is 6. The van der Waals surface area contributed by atoms with Crippen LogP contribution in [0.25, 0.3) is 0 Å². The number of allylic oxidation sites excluding steroid dienone is 2. The third-order valence-electron chi connectivity index (χ3n) is 6.02. The Morgan fingerprint density at radius 2 is 1.71 bits per heavy atom. The van der Waals surface area contributed by atoms with E-state index in [-0.39, 0.29) is 29.9 Å². The standard InChI is InChI=1S/C26H28N2O3/c1-4-14-31-21-12-10-19(11-13-21)22-17-25(30)28(27(2)3)23-15-20(16-24(29)26(22)23)18-8-6-5-7-9-18/h4-13,20,22H,1,14-17H2,2-3H3/t20-,22-/m1/s1. The quantitative estimate of drug-likeness (QED) is 0.653. The number of amides is 1. The van der Waals surface area contributed by atoms with Crippen LogP contribution in [0.3, 0.4) is 0 Å². The van der Waals surface area contributed by atoms with Crippen molar-refractivity contribution in [3.63, 3.8) is 0 Å². The summed E-state index contributed by atoms with van der Waals surface area (Å²) in [5, 5.41) is 3.49. The van der Waals surface area contributed by atoms with Crippen LogP contribution < -0.4 is 4.74 Å². The number of carbonyl (C=O) groups excluding carboxylic acids is 2. The number of hydrazine groups is 1. The summed E-state index contributed by atoms with van der Waals surface area (Å²) in [4.78, 5) is 26.6. The van der Waals surface area contributed by atoms with Crippen LogP contribution in [-0.4, -0.2) is 42.4 Å². The molecule has 0 bridgehead atoms. The lowest BCUT2D eigenvalue weighted by Gasteiger charge is -2.42. The first kappa shape index (κ1) is 21.1. The van der Waals surface area contributed by atoms with Crippen LogP contribution in [0.15, 0.2) is 78.5 Å². The van der Waals surface area contributed by atoms with Gasteiger partial charge in [0, 0.05) is 44.1 Å². The molecule has 1 aliphatic heterocycles. The van der Waals surface area contributed by atoms with Crippen LogP contribution in [0.5, 0.6) is 5.75 Å². The maximum absolute atomic E-state index is 13.4. The molecule has 1 aliphatic carbocycles. The van der Waals surface area contributed by atoms with Crippen molar-refractivity contribution in [1.29, 1.82) is 0 Å². The molecule has 0 saturated heterocycles. The van der Waals surface area contributed by atoms with E-state index >= 15 is 0 Å². The Bertz CT molecular complexity index is 1010. The summed E-state index contributed by atoms with van der Waals surface area (Å²) in [7, 11) is 3.70. The van der Waals surface area contributed by atoms with Gasteiger partial charge in [-0.25, -0.2) is 10.0 Å². The van der Waals surface area contributed by atoms with Crippen molar-refractivity contribution in [2.45, 2.75) is 31.1 Å². The highest BCUT2D eigenvalue weighted by molar-refractivity contribution is 6.02. The van der Waals surface area contributed by atoms with Crippen LogP contribution in [-0.2, 0) is 9.59 Å². The lowest BCUT2D eigenvalue weighted by Crippen LogP contribution is -2.47. The zero-order chi connectivity index (χ0) is 22.0. The van der Waals surface area contributed by atoms with Crippen LogP contribution in [0, 0.1) is 0 Å². The molecular weight excluding hydrogens is 388 g/mol. The van der Waals surface area contributed by atoms with Gasteiger partial charge in [0.1, 0.15) is 12.4 Å². The van der Waals surface area contributed by atoms with E-state index in [1.165, 1.54) is 0 Å². The van der Waals surface area contributed by atoms with Gasteiger partial charge in [0.25, 0.3) is 0 Å². The first-order valence-electron chi connectivity index (χ1n) is 10.6. The minimum Gasteiger partial charge on any atom is -0.490 e. The second-order valence-corrected chi connectivity index (χ2v) is 8.28. The van der Waals surface area contributed by atoms with Crippen LogP contribution in [0.4, 0.5) is 0 Å². The molecule has 2 aromatic carbocycles. The minimum atomic E-state index is -0.226. The van der Waals surface area contributed by atoms with Gasteiger partial charge in [-0.05, 0) is 35.6 Å². The third kappa shape index (κ3) is 4.19. The predicted molar refractivity (Wildman–Crippen MR) is 120 cm³/mol. The molecule has 4 rings (SSSR count). The number of ether oxygens (including phenoxy) is 1. The van der Waals surface area contributed by atoms with Crippen molar-refractivity contribution in [2.75, 3.05) is 20.7 Å². The van der Waals surface area contributed by atoms with Gasteiger partial charge >= 0.3 is 0 Å². The first-order valence-corrected chi connectivity index (χ1v) is 10.6. The zero-order valence-electron chi connectivity index (χ0n) is 18.1. The molecule has 5 heteroatoms. The van der Waals surface area contributed by atoms with Crippen molar-refractivity contribution < 1.29 is 14.3 Å². The van der Waals surface area contributed by atoms with Gasteiger partial charge in [0.05, 0.1) is 0 Å². The Balaban J connectivity index is 1.73. The van der Waals surface area contributed by atoms with Gasteiger partial charge in [-0.1, -0.05) is 55.1 Å². The molecule has 0 radical (unpaired) electrons. The van der Waals surface area contributed by atoms with Crippen LogP contribution in [0.1, 0.15) is 42.2 Å². The normalized spacial score (nSPS) is 21.3. The maximum atomic E-state index is 13.4. The number of nitrogens with zero attached hydrogens (tertiary/aromatic N) is 2. The van der Waals surface area contributed by atoms with E-state index in [2.05, 4.69) is 18.7 Å². The smallest absolute Gasteiger partial charge is 0.242 e. The Labute approximate surface area is 183 Å². The maximum Gasteiger partial charge on any atom is 0.242 e. The largest absolute Gasteiger partial charge is 0.490 e. The number of hydrogen-bond acceptors (Lipinski definition) is 4. The molecule has 160 valence electrons. The van der Waals surface area contributed by atoms with Crippen molar-refractivity contribution in [1.82, 2.24) is 10.0 Å². The van der Waals surface area contributed by atoms with Gasteiger partial charge in [-0.2, -0.15) is 0 Å². The molecule has 0 fully saturated rings. The molecule has 5 nitrogen and oxygen atoms in total. The zero-order valence-corrected chi connectivity index (χ0v) is 18.1. The summed E-state index contributed by atoms with van der Waals surface area (Å²) in [5.74, 6) is 0.746.